The fraction of sp³-hybridized carbons (Fsp3) is 0.244. The van der Waals surface area contributed by atoms with Crippen molar-refractivity contribution in [1.82, 2.24) is 4.57 Å². The molecule has 244 valence electrons. The smallest absolute Gasteiger partial charge is 0.258 e. The predicted octanol–water partition coefficient (Wildman–Crippen LogP) is 9.60. The van der Waals surface area contributed by atoms with Crippen molar-refractivity contribution in [3.05, 3.63) is 132 Å². The van der Waals surface area contributed by atoms with Gasteiger partial charge in [0, 0.05) is 39.1 Å². The summed E-state index contributed by atoms with van der Waals surface area (Å²) in [5.74, 6) is 1.44. The van der Waals surface area contributed by atoms with Gasteiger partial charge in [-0.15, -0.1) is 0 Å². The molecule has 0 saturated heterocycles. The summed E-state index contributed by atoms with van der Waals surface area (Å²) in [7, 11) is 3.18. The van der Waals surface area contributed by atoms with Crippen molar-refractivity contribution in [1.29, 1.82) is 0 Å². The first-order valence-corrected chi connectivity index (χ1v) is 16.6. The molecule has 0 aliphatic carbocycles. The van der Waals surface area contributed by atoms with Crippen molar-refractivity contribution in [2.24, 2.45) is 0 Å². The molecule has 5 aromatic carbocycles. The molecule has 48 heavy (non-hydrogen) atoms. The third kappa shape index (κ3) is 5.97. The molecule has 6 aromatic rings. The van der Waals surface area contributed by atoms with Gasteiger partial charge in [0.05, 0.1) is 26.9 Å². The number of hydrogen-bond donors (Lipinski definition) is 0. The monoisotopic (exact) mass is 642 g/mol. The first-order chi connectivity index (χ1) is 23.6. The lowest BCUT2D eigenvalue weighted by Gasteiger charge is -2.42. The van der Waals surface area contributed by atoms with Crippen LogP contribution in [-0.4, -0.2) is 37.3 Å². The number of aromatic nitrogens is 1. The fourth-order valence-corrected chi connectivity index (χ4v) is 7.22. The van der Waals surface area contributed by atoms with Gasteiger partial charge in [-0.05, 0) is 91.9 Å². The van der Waals surface area contributed by atoms with E-state index in [1.54, 1.807) is 38.5 Å². The molecular formula is C41H39FN2O4. The van der Waals surface area contributed by atoms with Crippen LogP contribution in [0.15, 0.2) is 115 Å². The van der Waals surface area contributed by atoms with Crippen molar-refractivity contribution in [2.45, 2.75) is 44.2 Å². The molecule has 2 atom stereocenters. The maximum Gasteiger partial charge on any atom is 0.258 e. The van der Waals surface area contributed by atoms with E-state index in [-0.39, 0.29) is 23.8 Å². The molecule has 6 nitrogen and oxygen atoms in total. The highest BCUT2D eigenvalue weighted by molar-refractivity contribution is 6.09. The number of unbranched alkanes of at least 4 members (excludes halogenated alkanes) is 2. The molecule has 2 unspecified atom stereocenters. The third-order valence-corrected chi connectivity index (χ3v) is 9.46. The molecule has 0 fully saturated rings. The average molecular weight is 643 g/mol. The Morgan fingerprint density at radius 2 is 1.42 bits per heavy atom. The zero-order chi connectivity index (χ0) is 33.0. The van der Waals surface area contributed by atoms with Gasteiger partial charge < -0.3 is 23.7 Å². The number of amides is 1. The molecule has 0 bridgehead atoms. The van der Waals surface area contributed by atoms with E-state index in [0.29, 0.717) is 29.4 Å². The Balaban J connectivity index is 1.23. The van der Waals surface area contributed by atoms with Gasteiger partial charge in [-0.3, -0.25) is 4.79 Å². The van der Waals surface area contributed by atoms with E-state index in [9.17, 15) is 9.18 Å². The number of methoxy groups -OCH3 is 2. The number of benzene rings is 5. The summed E-state index contributed by atoms with van der Waals surface area (Å²) in [4.78, 5) is 16.6. The highest BCUT2D eigenvalue weighted by Gasteiger charge is 2.38. The predicted molar refractivity (Wildman–Crippen MR) is 189 cm³/mol. The molecule has 0 N–H and O–H groups in total. The number of hydrogen-bond acceptors (Lipinski definition) is 4. The van der Waals surface area contributed by atoms with E-state index in [0.717, 1.165) is 43.4 Å². The molecule has 1 aliphatic heterocycles. The Hall–Kier alpha value is -5.30. The Morgan fingerprint density at radius 1 is 0.750 bits per heavy atom. The van der Waals surface area contributed by atoms with Crippen LogP contribution in [0, 0.1) is 5.82 Å². The topological polar surface area (TPSA) is 52.9 Å². The minimum Gasteiger partial charge on any atom is -0.494 e. The van der Waals surface area contributed by atoms with Gasteiger partial charge in [-0.2, -0.15) is 0 Å². The lowest BCUT2D eigenvalue weighted by atomic mass is 9.87. The lowest BCUT2D eigenvalue weighted by molar-refractivity contribution is 0.0968. The van der Waals surface area contributed by atoms with Gasteiger partial charge in [0.25, 0.3) is 5.91 Å². The molecule has 1 aliphatic rings. The number of rotatable bonds is 11. The summed E-state index contributed by atoms with van der Waals surface area (Å²) in [5, 5.41) is 2.46. The zero-order valence-corrected chi connectivity index (χ0v) is 27.3. The van der Waals surface area contributed by atoms with Gasteiger partial charge in [0.1, 0.15) is 11.6 Å². The minimum absolute atomic E-state index is 0.0345. The summed E-state index contributed by atoms with van der Waals surface area (Å²) in [6, 6.07) is 37.0. The first kappa shape index (κ1) is 31.3. The van der Waals surface area contributed by atoms with Crippen LogP contribution in [0.1, 0.15) is 54.1 Å². The van der Waals surface area contributed by atoms with Crippen molar-refractivity contribution in [3.8, 4) is 17.2 Å². The van der Waals surface area contributed by atoms with Crippen LogP contribution < -0.4 is 19.1 Å². The number of para-hydroxylation sites is 3. The number of anilines is 1. The molecule has 0 radical (unpaired) electrons. The Labute approximate surface area is 280 Å². The van der Waals surface area contributed by atoms with Crippen LogP contribution in [0.2, 0.25) is 0 Å². The van der Waals surface area contributed by atoms with E-state index in [4.69, 9.17) is 14.2 Å². The van der Waals surface area contributed by atoms with Gasteiger partial charge in [0.2, 0.25) is 0 Å². The van der Waals surface area contributed by atoms with Crippen LogP contribution in [0.5, 0.6) is 17.2 Å². The minimum atomic E-state index is -0.275. The average Bonchev–Trinajstić information content (AvgIpc) is 3.47. The van der Waals surface area contributed by atoms with Gasteiger partial charge in [0.15, 0.2) is 11.5 Å². The Kier molecular flexibility index (Phi) is 9.01. The molecular weight excluding hydrogens is 603 g/mol. The standard InChI is InChI=1S/C41H39FN2O4/c1-46-39-24-19-28(26-40(39)47-2)41(45)43-30(12-4-3-11-25-48-31-22-20-29(42)21-23-31)27-38(34-15-7-10-18-37(34)43)44-35-16-8-5-13-32(35)33-14-6-9-17-36(33)44/h5-10,13-24,26,30,38H,3-4,11-12,25,27H2,1-2H3. The highest BCUT2D eigenvalue weighted by atomic mass is 19.1. The fourth-order valence-electron chi connectivity index (χ4n) is 7.22. The van der Waals surface area contributed by atoms with Crippen LogP contribution in [0.25, 0.3) is 21.8 Å². The van der Waals surface area contributed by atoms with Crippen molar-refractivity contribution >= 4 is 33.4 Å². The quantitative estimate of drug-likeness (QED) is 0.132. The molecule has 7 heteroatoms. The van der Waals surface area contributed by atoms with Crippen molar-refractivity contribution in [2.75, 3.05) is 25.7 Å². The van der Waals surface area contributed by atoms with Crippen LogP contribution in [0.3, 0.4) is 0 Å². The summed E-state index contributed by atoms with van der Waals surface area (Å²) >= 11 is 0. The molecule has 2 heterocycles. The number of halogens is 1. The van der Waals surface area contributed by atoms with Crippen LogP contribution in [-0.2, 0) is 0 Å². The Bertz CT molecular complexity index is 2000. The number of carbonyl (C=O) groups excluding carboxylic acids is 1. The largest absolute Gasteiger partial charge is 0.494 e. The van der Waals surface area contributed by atoms with E-state index in [2.05, 4.69) is 71.3 Å². The molecule has 1 amide bonds. The van der Waals surface area contributed by atoms with Crippen LogP contribution in [0.4, 0.5) is 10.1 Å². The van der Waals surface area contributed by atoms with Gasteiger partial charge in [-0.1, -0.05) is 61.0 Å². The first-order valence-electron chi connectivity index (χ1n) is 16.6. The van der Waals surface area contributed by atoms with E-state index in [1.165, 1.54) is 33.9 Å². The summed E-state index contributed by atoms with van der Waals surface area (Å²) < 4.78 is 32.6. The second kappa shape index (κ2) is 13.8. The summed E-state index contributed by atoms with van der Waals surface area (Å²) in [6.45, 7) is 0.553. The number of nitrogens with zero attached hydrogens (tertiary/aromatic N) is 2. The summed E-state index contributed by atoms with van der Waals surface area (Å²) in [5.41, 5.74) is 4.99. The SMILES string of the molecule is COc1ccc(C(=O)N2c3ccccc3C(n3c4ccccc4c4ccccc43)CC2CCCCCOc2ccc(F)cc2)cc1OC. The maximum atomic E-state index is 14.6. The maximum absolute atomic E-state index is 14.6. The molecule has 0 spiro atoms. The van der Waals surface area contributed by atoms with E-state index >= 15 is 0 Å². The third-order valence-electron chi connectivity index (χ3n) is 9.46. The second-order valence-corrected chi connectivity index (χ2v) is 12.3. The number of carbonyl (C=O) groups is 1. The molecule has 7 rings (SSSR count). The van der Waals surface area contributed by atoms with Crippen LogP contribution >= 0.6 is 0 Å². The number of fused-ring (bicyclic) bond motifs is 4. The van der Waals surface area contributed by atoms with Crippen molar-refractivity contribution < 1.29 is 23.4 Å². The van der Waals surface area contributed by atoms with Gasteiger partial charge >= 0.3 is 0 Å². The van der Waals surface area contributed by atoms with E-state index < -0.39 is 0 Å². The second-order valence-electron chi connectivity index (χ2n) is 12.3. The van der Waals surface area contributed by atoms with Gasteiger partial charge in [-0.25, -0.2) is 4.39 Å². The molecule has 0 saturated carbocycles. The summed E-state index contributed by atoms with van der Waals surface area (Å²) in [6.07, 6.45) is 4.33. The lowest BCUT2D eigenvalue weighted by Crippen LogP contribution is -2.46. The highest BCUT2D eigenvalue weighted by Crippen LogP contribution is 2.45. The zero-order valence-electron chi connectivity index (χ0n) is 27.3. The van der Waals surface area contributed by atoms with E-state index in [1.807, 2.05) is 17.0 Å². The molecule has 1 aromatic heterocycles. The Morgan fingerprint density at radius 3 is 2.12 bits per heavy atom. The van der Waals surface area contributed by atoms with Crippen molar-refractivity contribution in [3.63, 3.8) is 0 Å². The number of ether oxygens (including phenoxy) is 3. The normalized spacial score (nSPS) is 15.8.